The third-order valence-corrected chi connectivity index (χ3v) is 3.14. The van der Waals surface area contributed by atoms with Crippen LogP contribution in [0.4, 0.5) is 5.69 Å². The van der Waals surface area contributed by atoms with Crippen LogP contribution in [0, 0.1) is 0 Å². The lowest BCUT2D eigenvalue weighted by molar-refractivity contribution is -0.124. The third kappa shape index (κ3) is 5.30. The van der Waals surface area contributed by atoms with E-state index in [-0.39, 0.29) is 12.5 Å². The molecule has 0 radical (unpaired) electrons. The Balaban J connectivity index is 2.42. The number of ether oxygens (including phenoxy) is 1. The molecule has 104 valence electrons. The van der Waals surface area contributed by atoms with Gasteiger partial charge in [0.25, 0.3) is 5.91 Å². The second-order valence-electron chi connectivity index (χ2n) is 4.02. The Morgan fingerprint density at radius 3 is 2.79 bits per heavy atom. The van der Waals surface area contributed by atoms with Gasteiger partial charge in [-0.25, -0.2) is 4.79 Å². The molecule has 0 atom stereocenters. The van der Waals surface area contributed by atoms with Gasteiger partial charge in [-0.2, -0.15) is 0 Å². The van der Waals surface area contributed by atoms with Crippen molar-refractivity contribution in [1.29, 1.82) is 0 Å². The van der Waals surface area contributed by atoms with Gasteiger partial charge >= 0.3 is 5.97 Å². The monoisotopic (exact) mass is 328 g/mol. The fourth-order valence-electron chi connectivity index (χ4n) is 1.34. The molecule has 0 spiro atoms. The van der Waals surface area contributed by atoms with Gasteiger partial charge in [-0.05, 0) is 40.5 Å². The molecule has 1 aromatic rings. The standard InChI is InChI=1S/C13H17BrN2O3/c1-2-3-6-16-12(17)8-19-13(18)9-4-5-10(14)11(15)7-9/h4-5,7H,2-3,6,8,15H2,1H3,(H,16,17). The van der Waals surface area contributed by atoms with Gasteiger partial charge in [-0.3, -0.25) is 4.79 Å². The van der Waals surface area contributed by atoms with Crippen LogP contribution < -0.4 is 11.1 Å². The van der Waals surface area contributed by atoms with Crippen LogP contribution >= 0.6 is 15.9 Å². The molecule has 0 aliphatic rings. The van der Waals surface area contributed by atoms with Crippen LogP contribution in [0.15, 0.2) is 22.7 Å². The number of carbonyl (C=O) groups excluding carboxylic acids is 2. The Labute approximate surface area is 120 Å². The van der Waals surface area contributed by atoms with Crippen LogP contribution in [0.1, 0.15) is 30.1 Å². The maximum Gasteiger partial charge on any atom is 0.338 e. The lowest BCUT2D eigenvalue weighted by Crippen LogP contribution is -2.29. The number of rotatable bonds is 6. The van der Waals surface area contributed by atoms with E-state index in [0.29, 0.717) is 22.3 Å². The Kier molecular flexibility index (Phi) is 6.35. The van der Waals surface area contributed by atoms with Crippen molar-refractivity contribution < 1.29 is 14.3 Å². The summed E-state index contributed by atoms with van der Waals surface area (Å²) in [7, 11) is 0. The molecule has 1 rings (SSSR count). The average molecular weight is 329 g/mol. The van der Waals surface area contributed by atoms with Gasteiger partial charge in [0, 0.05) is 16.7 Å². The summed E-state index contributed by atoms with van der Waals surface area (Å²) in [6, 6.07) is 4.74. The average Bonchev–Trinajstić information content (AvgIpc) is 2.39. The molecule has 3 N–H and O–H groups in total. The summed E-state index contributed by atoms with van der Waals surface area (Å²) >= 11 is 3.23. The highest BCUT2D eigenvalue weighted by Gasteiger charge is 2.11. The first-order valence-corrected chi connectivity index (χ1v) is 6.82. The summed E-state index contributed by atoms with van der Waals surface area (Å²) < 4.78 is 5.60. The molecule has 0 aromatic heterocycles. The van der Waals surface area contributed by atoms with Gasteiger partial charge in [0.1, 0.15) is 0 Å². The van der Waals surface area contributed by atoms with Crippen molar-refractivity contribution in [2.45, 2.75) is 19.8 Å². The minimum Gasteiger partial charge on any atom is -0.452 e. The van der Waals surface area contributed by atoms with E-state index in [1.807, 2.05) is 6.92 Å². The van der Waals surface area contributed by atoms with Gasteiger partial charge in [0.2, 0.25) is 0 Å². The van der Waals surface area contributed by atoms with Gasteiger partial charge in [-0.15, -0.1) is 0 Å². The molecule has 0 saturated carbocycles. The van der Waals surface area contributed by atoms with E-state index in [2.05, 4.69) is 21.2 Å². The van der Waals surface area contributed by atoms with Crippen LogP contribution in [-0.2, 0) is 9.53 Å². The molecular formula is C13H17BrN2O3. The second-order valence-corrected chi connectivity index (χ2v) is 4.87. The molecule has 0 bridgehead atoms. The van der Waals surface area contributed by atoms with Gasteiger partial charge < -0.3 is 15.8 Å². The van der Waals surface area contributed by atoms with Crippen LogP contribution in [0.5, 0.6) is 0 Å². The molecule has 0 heterocycles. The summed E-state index contributed by atoms with van der Waals surface area (Å²) in [6.07, 6.45) is 1.90. The number of esters is 1. The maximum atomic E-state index is 11.7. The van der Waals surface area contributed by atoms with Crippen molar-refractivity contribution in [2.24, 2.45) is 0 Å². The smallest absolute Gasteiger partial charge is 0.338 e. The van der Waals surface area contributed by atoms with E-state index in [0.717, 1.165) is 12.8 Å². The first-order chi connectivity index (χ1) is 9.04. The fraction of sp³-hybridized carbons (Fsp3) is 0.385. The first kappa shape index (κ1) is 15.5. The molecule has 1 amide bonds. The fourth-order valence-corrected chi connectivity index (χ4v) is 1.59. The Hall–Kier alpha value is -1.56. The first-order valence-electron chi connectivity index (χ1n) is 6.03. The number of nitrogens with two attached hydrogens (primary N) is 1. The lowest BCUT2D eigenvalue weighted by Gasteiger charge is -2.07. The molecule has 5 nitrogen and oxygen atoms in total. The number of halogens is 1. The van der Waals surface area contributed by atoms with E-state index >= 15 is 0 Å². The number of benzene rings is 1. The normalized spacial score (nSPS) is 10.0. The topological polar surface area (TPSA) is 81.4 Å². The number of amides is 1. The molecule has 0 aliphatic heterocycles. The Bertz CT molecular complexity index is 463. The van der Waals surface area contributed by atoms with E-state index in [1.165, 1.54) is 6.07 Å². The number of nitrogen functional groups attached to an aromatic ring is 1. The maximum absolute atomic E-state index is 11.7. The SMILES string of the molecule is CCCCNC(=O)COC(=O)c1ccc(Br)c(N)c1. The molecule has 1 aromatic carbocycles. The summed E-state index contributed by atoms with van der Waals surface area (Å²) in [5.74, 6) is -0.864. The van der Waals surface area contributed by atoms with Crippen LogP contribution in [-0.4, -0.2) is 25.0 Å². The van der Waals surface area contributed by atoms with Crippen LogP contribution in [0.3, 0.4) is 0 Å². The van der Waals surface area contributed by atoms with Crippen molar-refractivity contribution in [3.8, 4) is 0 Å². The molecular weight excluding hydrogens is 312 g/mol. The Morgan fingerprint density at radius 2 is 2.16 bits per heavy atom. The summed E-state index contributed by atoms with van der Waals surface area (Å²) in [5, 5.41) is 2.66. The summed E-state index contributed by atoms with van der Waals surface area (Å²) in [4.78, 5) is 23.0. The molecule has 0 aliphatic carbocycles. The van der Waals surface area contributed by atoms with E-state index < -0.39 is 5.97 Å². The van der Waals surface area contributed by atoms with E-state index in [9.17, 15) is 9.59 Å². The van der Waals surface area contributed by atoms with Gasteiger partial charge in [0.05, 0.1) is 5.56 Å². The van der Waals surface area contributed by atoms with E-state index in [1.54, 1.807) is 12.1 Å². The highest BCUT2D eigenvalue weighted by atomic mass is 79.9. The molecule has 19 heavy (non-hydrogen) atoms. The molecule has 0 unspecified atom stereocenters. The highest BCUT2D eigenvalue weighted by Crippen LogP contribution is 2.20. The number of carbonyl (C=O) groups is 2. The second kappa shape index (κ2) is 7.78. The van der Waals surface area contributed by atoms with Gasteiger partial charge in [-0.1, -0.05) is 13.3 Å². The molecule has 6 heteroatoms. The third-order valence-electron chi connectivity index (χ3n) is 2.42. The van der Waals surface area contributed by atoms with Crippen molar-refractivity contribution in [3.63, 3.8) is 0 Å². The molecule has 0 saturated heterocycles. The van der Waals surface area contributed by atoms with E-state index in [4.69, 9.17) is 10.5 Å². The summed E-state index contributed by atoms with van der Waals surface area (Å²) in [6.45, 7) is 2.35. The van der Waals surface area contributed by atoms with Gasteiger partial charge in [0.15, 0.2) is 6.61 Å². The lowest BCUT2D eigenvalue weighted by atomic mass is 10.2. The van der Waals surface area contributed by atoms with Crippen molar-refractivity contribution in [1.82, 2.24) is 5.32 Å². The number of anilines is 1. The zero-order valence-corrected chi connectivity index (χ0v) is 12.3. The summed E-state index contributed by atoms with van der Waals surface area (Å²) in [5.41, 5.74) is 6.43. The zero-order valence-electron chi connectivity index (χ0n) is 10.7. The Morgan fingerprint density at radius 1 is 1.42 bits per heavy atom. The number of hydrogen-bond donors (Lipinski definition) is 2. The number of unbranched alkanes of at least 4 members (excludes halogenated alkanes) is 1. The molecule has 0 fully saturated rings. The quantitative estimate of drug-likeness (QED) is 0.476. The minimum absolute atomic E-state index is 0.279. The van der Waals surface area contributed by atoms with Crippen molar-refractivity contribution in [2.75, 3.05) is 18.9 Å². The largest absolute Gasteiger partial charge is 0.452 e. The zero-order chi connectivity index (χ0) is 14.3. The highest BCUT2D eigenvalue weighted by molar-refractivity contribution is 9.10. The van der Waals surface area contributed by atoms with Crippen molar-refractivity contribution in [3.05, 3.63) is 28.2 Å². The van der Waals surface area contributed by atoms with Crippen molar-refractivity contribution >= 4 is 33.5 Å². The predicted molar refractivity (Wildman–Crippen MR) is 76.8 cm³/mol. The number of hydrogen-bond acceptors (Lipinski definition) is 4. The number of nitrogens with one attached hydrogen (secondary N) is 1. The van der Waals surface area contributed by atoms with Crippen LogP contribution in [0.25, 0.3) is 0 Å². The predicted octanol–water partition coefficient (Wildman–Crippen LogP) is 2.10. The van der Waals surface area contributed by atoms with Crippen LogP contribution in [0.2, 0.25) is 0 Å². The minimum atomic E-state index is -0.565.